The van der Waals surface area contributed by atoms with Gasteiger partial charge in [-0.05, 0) is 12.1 Å². The number of rotatable bonds is 2. The molecule has 17 heavy (non-hydrogen) atoms. The molecule has 0 amide bonds. The molecule has 3 aromatic rings. The van der Waals surface area contributed by atoms with E-state index in [2.05, 4.69) is 10.4 Å². The lowest BCUT2D eigenvalue weighted by Gasteiger charge is -2.06. The van der Waals surface area contributed by atoms with Crippen LogP contribution in [-0.2, 0) is 0 Å². The summed E-state index contributed by atoms with van der Waals surface area (Å²) in [4.78, 5) is 5.13. The lowest BCUT2D eigenvalue weighted by atomic mass is 10.1. The summed E-state index contributed by atoms with van der Waals surface area (Å²) < 4.78 is 7.35. The van der Waals surface area contributed by atoms with Gasteiger partial charge in [-0.15, -0.1) is 11.3 Å². The van der Waals surface area contributed by atoms with Crippen LogP contribution in [-0.4, -0.2) is 16.5 Å². The van der Waals surface area contributed by atoms with Crippen LogP contribution in [0.15, 0.2) is 35.8 Å². The molecule has 0 aliphatic heterocycles. The van der Waals surface area contributed by atoms with Crippen molar-refractivity contribution in [3.63, 3.8) is 0 Å². The minimum atomic E-state index is 0.535. The molecule has 86 valence electrons. The first-order valence-corrected chi connectivity index (χ1v) is 6.03. The minimum Gasteiger partial charge on any atom is -0.496 e. The highest BCUT2D eigenvalue weighted by atomic mass is 32.1. The number of nitrogen functional groups attached to an aromatic ring is 1. The summed E-state index contributed by atoms with van der Waals surface area (Å²) in [6, 6.07) is 7.91. The van der Waals surface area contributed by atoms with Crippen molar-refractivity contribution in [3.05, 3.63) is 35.8 Å². The Morgan fingerprint density at radius 1 is 1.35 bits per heavy atom. The van der Waals surface area contributed by atoms with Gasteiger partial charge in [0.15, 0.2) is 4.96 Å². The molecule has 0 fully saturated rings. The largest absolute Gasteiger partial charge is 0.496 e. The molecule has 0 aliphatic rings. The van der Waals surface area contributed by atoms with E-state index in [4.69, 9.17) is 10.5 Å². The first kappa shape index (κ1) is 10.2. The monoisotopic (exact) mass is 245 g/mol. The average Bonchev–Trinajstić information content (AvgIpc) is 2.87. The summed E-state index contributed by atoms with van der Waals surface area (Å²) in [5.74, 6) is 1.38. The van der Waals surface area contributed by atoms with Crippen molar-refractivity contribution in [3.8, 4) is 17.0 Å². The number of anilines is 1. The molecule has 0 saturated carbocycles. The normalized spacial score (nSPS) is 10.9. The van der Waals surface area contributed by atoms with Crippen molar-refractivity contribution in [1.82, 2.24) is 9.38 Å². The summed E-state index contributed by atoms with van der Waals surface area (Å²) in [5.41, 5.74) is 7.78. The summed E-state index contributed by atoms with van der Waals surface area (Å²) in [6.45, 7) is 0. The molecule has 0 atom stereocenters. The van der Waals surface area contributed by atoms with Gasteiger partial charge in [0.25, 0.3) is 0 Å². The highest BCUT2D eigenvalue weighted by Gasteiger charge is 2.11. The van der Waals surface area contributed by atoms with Crippen molar-refractivity contribution >= 4 is 22.1 Å². The van der Waals surface area contributed by atoms with Crippen molar-refractivity contribution in [1.29, 1.82) is 0 Å². The zero-order chi connectivity index (χ0) is 11.8. The Morgan fingerprint density at radius 2 is 2.18 bits per heavy atom. The van der Waals surface area contributed by atoms with E-state index in [0.29, 0.717) is 5.82 Å². The van der Waals surface area contributed by atoms with Gasteiger partial charge in [0.2, 0.25) is 0 Å². The summed E-state index contributed by atoms with van der Waals surface area (Å²) >= 11 is 1.57. The molecule has 0 bridgehead atoms. The van der Waals surface area contributed by atoms with Crippen LogP contribution in [0, 0.1) is 0 Å². The molecule has 0 spiro atoms. The predicted molar refractivity (Wildman–Crippen MR) is 69.5 cm³/mol. The maximum atomic E-state index is 5.70. The highest BCUT2D eigenvalue weighted by Crippen LogP contribution is 2.33. The molecule has 0 radical (unpaired) electrons. The fourth-order valence-electron chi connectivity index (χ4n) is 1.85. The van der Waals surface area contributed by atoms with Gasteiger partial charge in [0, 0.05) is 10.9 Å². The summed E-state index contributed by atoms with van der Waals surface area (Å²) in [6.07, 6.45) is 1.83. The Bertz CT molecular complexity index is 671. The third-order valence-electron chi connectivity index (χ3n) is 2.61. The lowest BCUT2D eigenvalue weighted by molar-refractivity contribution is 0.416. The molecule has 4 nitrogen and oxygen atoms in total. The number of para-hydroxylation sites is 1. The van der Waals surface area contributed by atoms with Gasteiger partial charge >= 0.3 is 0 Å². The van der Waals surface area contributed by atoms with E-state index in [1.165, 1.54) is 0 Å². The smallest absolute Gasteiger partial charge is 0.196 e. The SMILES string of the molecule is COc1ccccc1-c1csc2nc(N)cn12. The van der Waals surface area contributed by atoms with Crippen LogP contribution < -0.4 is 10.5 Å². The Hall–Kier alpha value is -2.01. The van der Waals surface area contributed by atoms with Crippen LogP contribution in [0.25, 0.3) is 16.2 Å². The maximum Gasteiger partial charge on any atom is 0.196 e. The zero-order valence-corrected chi connectivity index (χ0v) is 10.1. The van der Waals surface area contributed by atoms with Crippen molar-refractivity contribution in [2.24, 2.45) is 0 Å². The number of methoxy groups -OCH3 is 1. The number of imidazole rings is 1. The topological polar surface area (TPSA) is 52.5 Å². The first-order valence-electron chi connectivity index (χ1n) is 5.15. The molecule has 2 N–H and O–H groups in total. The Labute approximate surface area is 102 Å². The Kier molecular flexibility index (Phi) is 2.26. The highest BCUT2D eigenvalue weighted by molar-refractivity contribution is 7.15. The predicted octanol–water partition coefficient (Wildman–Crippen LogP) is 2.65. The second-order valence-electron chi connectivity index (χ2n) is 3.64. The van der Waals surface area contributed by atoms with Gasteiger partial charge < -0.3 is 10.5 Å². The van der Waals surface area contributed by atoms with Crippen LogP contribution in [0.2, 0.25) is 0 Å². The quantitative estimate of drug-likeness (QED) is 0.755. The second kappa shape index (κ2) is 3.78. The van der Waals surface area contributed by atoms with Crippen molar-refractivity contribution in [2.75, 3.05) is 12.8 Å². The molecule has 1 aromatic carbocycles. The van der Waals surface area contributed by atoms with Gasteiger partial charge in [0.1, 0.15) is 11.6 Å². The number of nitrogens with zero attached hydrogens (tertiary/aromatic N) is 2. The number of hydrogen-bond acceptors (Lipinski definition) is 4. The molecule has 2 aromatic heterocycles. The number of nitrogens with two attached hydrogens (primary N) is 1. The van der Waals surface area contributed by atoms with E-state index >= 15 is 0 Å². The van der Waals surface area contributed by atoms with Gasteiger partial charge in [-0.3, -0.25) is 4.40 Å². The summed E-state index contributed by atoms with van der Waals surface area (Å²) in [7, 11) is 1.67. The molecular weight excluding hydrogens is 234 g/mol. The fraction of sp³-hybridized carbons (Fsp3) is 0.0833. The first-order chi connectivity index (χ1) is 8.29. The number of fused-ring (bicyclic) bond motifs is 1. The number of benzene rings is 1. The van der Waals surface area contributed by atoms with Gasteiger partial charge in [-0.2, -0.15) is 0 Å². The Balaban J connectivity index is 2.26. The van der Waals surface area contributed by atoms with E-state index in [-0.39, 0.29) is 0 Å². The Morgan fingerprint density at radius 3 is 3.00 bits per heavy atom. The van der Waals surface area contributed by atoms with Crippen LogP contribution in [0.3, 0.4) is 0 Å². The van der Waals surface area contributed by atoms with Crippen molar-refractivity contribution < 1.29 is 4.74 Å². The zero-order valence-electron chi connectivity index (χ0n) is 9.25. The third kappa shape index (κ3) is 1.55. The van der Waals surface area contributed by atoms with Gasteiger partial charge in [0.05, 0.1) is 19.0 Å². The number of ether oxygens (including phenoxy) is 1. The molecule has 5 heteroatoms. The second-order valence-corrected chi connectivity index (χ2v) is 4.48. The minimum absolute atomic E-state index is 0.535. The molecule has 0 saturated heterocycles. The molecule has 3 rings (SSSR count). The fourth-order valence-corrected chi connectivity index (χ4v) is 2.73. The molecule has 2 heterocycles. The molecule has 0 unspecified atom stereocenters. The maximum absolute atomic E-state index is 5.70. The van der Waals surface area contributed by atoms with Crippen LogP contribution >= 0.6 is 11.3 Å². The average molecular weight is 245 g/mol. The van der Waals surface area contributed by atoms with Gasteiger partial charge in [-0.25, -0.2) is 4.98 Å². The van der Waals surface area contributed by atoms with Crippen LogP contribution in [0.5, 0.6) is 5.75 Å². The third-order valence-corrected chi connectivity index (χ3v) is 3.45. The number of hydrogen-bond donors (Lipinski definition) is 1. The molecular formula is C12H11N3OS. The number of thiazole rings is 1. The lowest BCUT2D eigenvalue weighted by Crippen LogP contribution is -1.90. The van der Waals surface area contributed by atoms with E-state index in [1.54, 1.807) is 18.4 Å². The standard InChI is InChI=1S/C12H11N3OS/c1-16-10-5-3-2-4-8(10)9-7-17-12-14-11(13)6-15(9)12/h2-7H,13H2,1H3. The van der Waals surface area contributed by atoms with Crippen LogP contribution in [0.4, 0.5) is 5.82 Å². The van der Waals surface area contributed by atoms with E-state index in [0.717, 1.165) is 22.0 Å². The van der Waals surface area contributed by atoms with E-state index in [9.17, 15) is 0 Å². The molecule has 0 aliphatic carbocycles. The van der Waals surface area contributed by atoms with E-state index < -0.39 is 0 Å². The van der Waals surface area contributed by atoms with Crippen molar-refractivity contribution in [2.45, 2.75) is 0 Å². The van der Waals surface area contributed by atoms with Crippen LogP contribution in [0.1, 0.15) is 0 Å². The summed E-state index contributed by atoms with van der Waals surface area (Å²) in [5, 5.41) is 2.06. The van der Waals surface area contributed by atoms with E-state index in [1.807, 2.05) is 34.9 Å². The van der Waals surface area contributed by atoms with Gasteiger partial charge in [-0.1, -0.05) is 12.1 Å². The number of aromatic nitrogens is 2.